The Morgan fingerprint density at radius 1 is 0.809 bits per heavy atom. The van der Waals surface area contributed by atoms with Crippen LogP contribution in [0.4, 0.5) is 0 Å². The molecule has 1 aliphatic rings. The lowest BCUT2D eigenvalue weighted by molar-refractivity contribution is -0.202. The van der Waals surface area contributed by atoms with E-state index in [1.54, 1.807) is 30.3 Å². The Morgan fingerprint density at radius 3 is 2.00 bits per heavy atom. The lowest BCUT2D eigenvalue weighted by Gasteiger charge is -2.23. The quantitative estimate of drug-likeness (QED) is 0.103. The smallest absolute Gasteiger partial charge is 0.453 e. The average molecular weight is 788 g/mol. The summed E-state index contributed by atoms with van der Waals surface area (Å²) in [5, 5.41) is 14.5. The minimum absolute atomic E-state index is 0.000889. The van der Waals surface area contributed by atoms with E-state index >= 15 is 0 Å². The minimum Gasteiger partial charge on any atom is -0.459 e. The Kier molecular flexibility index (Phi) is 12.0. The van der Waals surface area contributed by atoms with E-state index in [9.17, 15) is 14.7 Å². The van der Waals surface area contributed by atoms with Gasteiger partial charge in [0.05, 0.1) is 19.3 Å². The molecule has 4 aromatic rings. The number of fused-ring (bicyclic) bond motifs is 1. The van der Waals surface area contributed by atoms with E-state index < -0.39 is 23.8 Å². The van der Waals surface area contributed by atoms with Gasteiger partial charge in [0, 0.05) is 39.4 Å². The molecule has 0 spiro atoms. The van der Waals surface area contributed by atoms with E-state index in [1.807, 2.05) is 67.6 Å². The molecule has 8 nitrogen and oxygen atoms in total. The van der Waals surface area contributed by atoms with Gasteiger partial charge in [0.2, 0.25) is 0 Å². The number of benzene rings is 4. The van der Waals surface area contributed by atoms with Crippen LogP contribution in [0.25, 0.3) is 0 Å². The Hall–Kier alpha value is -3.41. The van der Waals surface area contributed by atoms with Gasteiger partial charge in [-0.3, -0.25) is 0 Å². The van der Waals surface area contributed by atoms with Crippen molar-refractivity contribution in [1.29, 1.82) is 0 Å². The molecule has 2 N–H and O–H groups in total. The van der Waals surface area contributed by atoms with Gasteiger partial charge in [-0.15, -0.1) is 0 Å². The Balaban J connectivity index is 1.24. The van der Waals surface area contributed by atoms with E-state index in [2.05, 4.69) is 37.2 Å². The third-order valence-corrected chi connectivity index (χ3v) is 8.74. The van der Waals surface area contributed by atoms with Crippen molar-refractivity contribution in [3.05, 3.63) is 127 Å². The fourth-order valence-corrected chi connectivity index (χ4v) is 6.18. The first-order chi connectivity index (χ1) is 22.6. The molecule has 0 bridgehead atoms. The molecular formula is C36H34Br2ClNO7. The highest BCUT2D eigenvalue weighted by atomic mass is 79.9. The summed E-state index contributed by atoms with van der Waals surface area (Å²) in [5.41, 5.74) is 3.48. The third kappa shape index (κ3) is 9.36. The van der Waals surface area contributed by atoms with Crippen molar-refractivity contribution in [3.8, 4) is 11.5 Å². The summed E-state index contributed by atoms with van der Waals surface area (Å²) in [6.07, 6.45) is 0.692. The largest absolute Gasteiger partial charge is 0.459 e. The van der Waals surface area contributed by atoms with E-state index in [-0.39, 0.29) is 30.8 Å². The van der Waals surface area contributed by atoms with Crippen molar-refractivity contribution in [2.75, 3.05) is 19.8 Å². The maximum atomic E-state index is 13.5. The second-order valence-corrected chi connectivity index (χ2v) is 13.5. The first-order valence-electron chi connectivity index (χ1n) is 15.1. The number of esters is 2. The summed E-state index contributed by atoms with van der Waals surface area (Å²) in [6, 6.07) is 27.6. The second-order valence-electron chi connectivity index (χ2n) is 11.2. The summed E-state index contributed by atoms with van der Waals surface area (Å²) in [4.78, 5) is 27.1. The fraction of sp³-hybridized carbons (Fsp3) is 0.278. The number of halogens is 3. The van der Waals surface area contributed by atoms with Gasteiger partial charge in [-0.2, -0.15) is 0 Å². The number of carbonyl (C=O) groups excluding carboxylic acids is 2. The van der Waals surface area contributed by atoms with Crippen LogP contribution in [0.3, 0.4) is 0 Å². The summed E-state index contributed by atoms with van der Waals surface area (Å²) >= 11 is 12.9. The van der Waals surface area contributed by atoms with Gasteiger partial charge in [-0.1, -0.05) is 85.9 Å². The summed E-state index contributed by atoms with van der Waals surface area (Å²) in [7, 11) is 0. The Labute approximate surface area is 295 Å². The molecule has 0 radical (unpaired) electrons. The van der Waals surface area contributed by atoms with Crippen LogP contribution in [-0.4, -0.2) is 48.6 Å². The number of rotatable bonds is 14. The first-order valence-corrected chi connectivity index (χ1v) is 17.1. The first kappa shape index (κ1) is 34.9. The predicted molar refractivity (Wildman–Crippen MR) is 186 cm³/mol. The zero-order valence-electron chi connectivity index (χ0n) is 25.6. The van der Waals surface area contributed by atoms with Gasteiger partial charge in [0.15, 0.2) is 11.5 Å². The molecule has 1 aliphatic heterocycles. The summed E-state index contributed by atoms with van der Waals surface area (Å²) < 4.78 is 24.8. The highest BCUT2D eigenvalue weighted by molar-refractivity contribution is 9.10. The van der Waals surface area contributed by atoms with Crippen molar-refractivity contribution < 1.29 is 33.6 Å². The molecule has 47 heavy (non-hydrogen) atoms. The normalized spacial score (nSPS) is 14.3. The molecule has 0 aliphatic carbocycles. The zero-order valence-corrected chi connectivity index (χ0v) is 29.5. The zero-order chi connectivity index (χ0) is 33.4. The maximum Gasteiger partial charge on any atom is 0.453 e. The van der Waals surface area contributed by atoms with E-state index in [0.29, 0.717) is 30.8 Å². The topological polar surface area (TPSA) is 103 Å². The SMILES string of the molecule is C[C@H](Cc1ccc2c(c1)OC(C(=O)OCCc1cccc(Br)c1)(C(=O)OCCc1cccc(Br)c1)O2)NCC(O)c1cccc(Cl)c1. The molecule has 246 valence electrons. The van der Waals surface area contributed by atoms with E-state index in [0.717, 1.165) is 31.2 Å². The van der Waals surface area contributed by atoms with Gasteiger partial charge in [-0.25, -0.2) is 9.59 Å². The summed E-state index contributed by atoms with van der Waals surface area (Å²) in [6.45, 7) is 2.32. The van der Waals surface area contributed by atoms with Crippen molar-refractivity contribution in [2.24, 2.45) is 0 Å². The molecule has 5 rings (SSSR count). The van der Waals surface area contributed by atoms with Crippen LogP contribution >= 0.6 is 43.5 Å². The number of hydrogen-bond donors (Lipinski definition) is 2. The fourth-order valence-electron chi connectivity index (χ4n) is 5.09. The van der Waals surface area contributed by atoms with Crippen LogP contribution in [0.5, 0.6) is 11.5 Å². The van der Waals surface area contributed by atoms with Crippen LogP contribution < -0.4 is 14.8 Å². The number of ether oxygens (including phenoxy) is 4. The van der Waals surface area contributed by atoms with Crippen molar-refractivity contribution in [2.45, 2.75) is 44.1 Å². The predicted octanol–water partition coefficient (Wildman–Crippen LogP) is 7.16. The number of hydrogen-bond acceptors (Lipinski definition) is 8. The molecule has 1 unspecified atom stereocenters. The molecule has 11 heteroatoms. The van der Waals surface area contributed by atoms with E-state index in [4.69, 9.17) is 30.5 Å². The molecule has 0 fully saturated rings. The Morgan fingerprint density at radius 2 is 1.40 bits per heavy atom. The van der Waals surface area contributed by atoms with Crippen LogP contribution in [0.15, 0.2) is 99.9 Å². The number of aliphatic hydroxyl groups excluding tert-OH is 1. The van der Waals surface area contributed by atoms with Crippen molar-refractivity contribution in [3.63, 3.8) is 0 Å². The van der Waals surface area contributed by atoms with Gasteiger partial charge < -0.3 is 29.4 Å². The monoisotopic (exact) mass is 785 g/mol. The van der Waals surface area contributed by atoms with Gasteiger partial charge in [-0.05, 0) is 84.1 Å². The highest BCUT2D eigenvalue weighted by Gasteiger charge is 2.59. The van der Waals surface area contributed by atoms with E-state index in [1.165, 1.54) is 0 Å². The van der Waals surface area contributed by atoms with Crippen LogP contribution in [0.2, 0.25) is 5.02 Å². The second kappa shape index (κ2) is 16.1. The third-order valence-electron chi connectivity index (χ3n) is 7.51. The van der Waals surface area contributed by atoms with Crippen molar-refractivity contribution in [1.82, 2.24) is 5.32 Å². The van der Waals surface area contributed by atoms with Crippen LogP contribution in [0.1, 0.15) is 35.3 Å². The average Bonchev–Trinajstić information content (AvgIpc) is 3.44. The lowest BCUT2D eigenvalue weighted by atomic mass is 10.1. The molecule has 0 saturated carbocycles. The summed E-state index contributed by atoms with van der Waals surface area (Å²) in [5.74, 6) is -3.99. The molecule has 2 atom stereocenters. The molecule has 0 saturated heterocycles. The number of carbonyl (C=O) groups is 2. The standard InChI is InChI=1S/C36H34Br2ClNO7/c1-23(40-22-31(41)27-7-4-10-30(39)21-27)17-26-11-12-32-33(20-26)47-36(46-32,34(42)44-15-13-24-5-2-8-28(37)18-24)35(43)45-16-14-25-6-3-9-29(38)19-25/h2-12,18-21,23,31,40-41H,13-17,22H2,1H3/t23-,31?/m1/s1. The molecule has 4 aromatic carbocycles. The van der Waals surface area contributed by atoms with Gasteiger partial charge in [0.1, 0.15) is 0 Å². The maximum absolute atomic E-state index is 13.5. The number of nitrogens with one attached hydrogen (secondary N) is 1. The molecule has 0 amide bonds. The molecular weight excluding hydrogens is 754 g/mol. The molecule has 0 aromatic heterocycles. The Bertz CT molecular complexity index is 1660. The lowest BCUT2D eigenvalue weighted by Crippen LogP contribution is -2.56. The van der Waals surface area contributed by atoms with Crippen molar-refractivity contribution >= 4 is 55.4 Å². The molecule has 1 heterocycles. The van der Waals surface area contributed by atoms with Gasteiger partial charge >= 0.3 is 17.7 Å². The van der Waals surface area contributed by atoms with Crippen LogP contribution in [-0.2, 0) is 38.3 Å². The van der Waals surface area contributed by atoms with Gasteiger partial charge in [0.25, 0.3) is 0 Å². The highest BCUT2D eigenvalue weighted by Crippen LogP contribution is 2.41. The van der Waals surface area contributed by atoms with Crippen LogP contribution in [0, 0.1) is 0 Å². The minimum atomic E-state index is -2.44. The number of aliphatic hydroxyl groups is 1.